The van der Waals surface area contributed by atoms with Gasteiger partial charge in [0.2, 0.25) is 0 Å². The number of halogens is 1. The predicted molar refractivity (Wildman–Crippen MR) is 74.0 cm³/mol. The lowest BCUT2D eigenvalue weighted by molar-refractivity contribution is 0.628. The van der Waals surface area contributed by atoms with E-state index in [2.05, 4.69) is 24.4 Å². The maximum Gasteiger partial charge on any atom is 0.123 e. The molecule has 0 saturated carbocycles. The zero-order valence-corrected chi connectivity index (χ0v) is 11.0. The van der Waals surface area contributed by atoms with E-state index < -0.39 is 0 Å². The zero-order valence-electron chi connectivity index (χ0n) is 11.0. The molecule has 0 fully saturated rings. The van der Waals surface area contributed by atoms with Gasteiger partial charge in [-0.1, -0.05) is 30.3 Å². The fourth-order valence-electron chi connectivity index (χ4n) is 2.02. The molecule has 0 bridgehead atoms. The average Bonchev–Trinajstić information content (AvgIpc) is 2.41. The quantitative estimate of drug-likeness (QED) is 0.856. The summed E-state index contributed by atoms with van der Waals surface area (Å²) in [7, 11) is 1.94. The van der Waals surface area contributed by atoms with Crippen molar-refractivity contribution in [3.05, 3.63) is 59.4 Å². The van der Waals surface area contributed by atoms with Crippen molar-refractivity contribution in [1.82, 2.24) is 5.32 Å². The highest BCUT2D eigenvalue weighted by Crippen LogP contribution is 2.25. The molecule has 0 radical (unpaired) electrons. The second-order valence-corrected chi connectivity index (χ2v) is 4.59. The molecule has 0 spiro atoms. The van der Waals surface area contributed by atoms with Crippen LogP contribution < -0.4 is 5.32 Å². The van der Waals surface area contributed by atoms with Crippen LogP contribution in [0.15, 0.2) is 42.5 Å². The minimum absolute atomic E-state index is 0.191. The summed E-state index contributed by atoms with van der Waals surface area (Å²) in [4.78, 5) is 0. The Bertz CT molecular complexity index is 531. The van der Waals surface area contributed by atoms with Gasteiger partial charge in [-0.05, 0) is 55.3 Å². The van der Waals surface area contributed by atoms with Gasteiger partial charge in [0.1, 0.15) is 5.82 Å². The van der Waals surface area contributed by atoms with E-state index >= 15 is 0 Å². The first-order valence-corrected chi connectivity index (χ1v) is 6.15. The fraction of sp³-hybridized carbons (Fsp3) is 0.250. The molecule has 2 heteroatoms. The number of nitrogens with one attached hydrogen (secondary N) is 1. The molecule has 0 aliphatic carbocycles. The van der Waals surface area contributed by atoms with E-state index in [0.29, 0.717) is 6.04 Å². The summed E-state index contributed by atoms with van der Waals surface area (Å²) in [5.41, 5.74) is 4.33. The molecule has 0 saturated heterocycles. The van der Waals surface area contributed by atoms with Crippen LogP contribution in [-0.2, 0) is 0 Å². The topological polar surface area (TPSA) is 12.0 Å². The third kappa shape index (κ3) is 2.59. The molecule has 18 heavy (non-hydrogen) atoms. The molecule has 0 aliphatic rings. The molecule has 1 N–H and O–H groups in total. The van der Waals surface area contributed by atoms with E-state index in [0.717, 1.165) is 16.7 Å². The van der Waals surface area contributed by atoms with Gasteiger partial charge in [0, 0.05) is 6.04 Å². The lowest BCUT2D eigenvalue weighted by Crippen LogP contribution is -2.11. The van der Waals surface area contributed by atoms with Crippen molar-refractivity contribution in [2.75, 3.05) is 7.05 Å². The molecule has 0 heterocycles. The van der Waals surface area contributed by atoms with E-state index in [-0.39, 0.29) is 5.82 Å². The monoisotopic (exact) mass is 243 g/mol. The van der Waals surface area contributed by atoms with Gasteiger partial charge in [0.25, 0.3) is 0 Å². The summed E-state index contributed by atoms with van der Waals surface area (Å²) >= 11 is 0. The smallest absolute Gasteiger partial charge is 0.123 e. The summed E-state index contributed by atoms with van der Waals surface area (Å²) < 4.78 is 13.3. The highest BCUT2D eigenvalue weighted by atomic mass is 19.1. The molecule has 1 nitrogen and oxygen atoms in total. The Balaban J connectivity index is 2.37. The number of benzene rings is 2. The number of hydrogen-bond acceptors (Lipinski definition) is 1. The highest BCUT2D eigenvalue weighted by Gasteiger charge is 2.05. The van der Waals surface area contributed by atoms with Crippen molar-refractivity contribution in [3.63, 3.8) is 0 Å². The molecule has 94 valence electrons. The molecule has 2 rings (SSSR count). The largest absolute Gasteiger partial charge is 0.313 e. The fourth-order valence-corrected chi connectivity index (χ4v) is 2.02. The van der Waals surface area contributed by atoms with E-state index in [1.165, 1.54) is 11.6 Å². The van der Waals surface area contributed by atoms with Crippen LogP contribution in [0, 0.1) is 12.7 Å². The number of hydrogen-bond donors (Lipinski definition) is 1. The van der Waals surface area contributed by atoms with Gasteiger partial charge in [-0.3, -0.25) is 0 Å². The second-order valence-electron chi connectivity index (χ2n) is 4.59. The maximum atomic E-state index is 13.3. The molecular formula is C16H18FN. The normalized spacial score (nSPS) is 12.4. The zero-order chi connectivity index (χ0) is 13.1. The van der Waals surface area contributed by atoms with E-state index in [1.807, 2.05) is 32.2 Å². The highest BCUT2D eigenvalue weighted by molar-refractivity contribution is 5.67. The standard InChI is InChI=1S/C16H18FN/c1-11-4-9-15(17)10-16(11)14-7-5-13(6-8-14)12(2)18-3/h4-10,12,18H,1-3H3. The minimum atomic E-state index is -0.191. The van der Waals surface area contributed by atoms with E-state index in [1.54, 1.807) is 6.07 Å². The predicted octanol–water partition coefficient (Wildman–Crippen LogP) is 4.08. The maximum absolute atomic E-state index is 13.3. The van der Waals surface area contributed by atoms with Crippen LogP contribution in [0.4, 0.5) is 4.39 Å². The van der Waals surface area contributed by atoms with E-state index in [9.17, 15) is 4.39 Å². The first kappa shape index (κ1) is 12.8. The SMILES string of the molecule is CNC(C)c1ccc(-c2cc(F)ccc2C)cc1. The molecule has 0 aliphatic heterocycles. The van der Waals surface area contributed by atoms with Gasteiger partial charge < -0.3 is 5.32 Å². The van der Waals surface area contributed by atoms with Crippen molar-refractivity contribution < 1.29 is 4.39 Å². The Morgan fingerprint density at radius 2 is 1.72 bits per heavy atom. The van der Waals surface area contributed by atoms with Crippen LogP contribution in [0.3, 0.4) is 0 Å². The summed E-state index contributed by atoms with van der Waals surface area (Å²) in [6.45, 7) is 4.11. The van der Waals surface area contributed by atoms with Crippen molar-refractivity contribution >= 4 is 0 Å². The van der Waals surface area contributed by atoms with Crippen LogP contribution in [-0.4, -0.2) is 7.05 Å². The Hall–Kier alpha value is -1.67. The summed E-state index contributed by atoms with van der Waals surface area (Å²) in [5, 5.41) is 3.20. The Morgan fingerprint density at radius 1 is 1.06 bits per heavy atom. The molecule has 0 amide bonds. The Labute approximate surface area is 108 Å². The first-order valence-electron chi connectivity index (χ1n) is 6.15. The van der Waals surface area contributed by atoms with Gasteiger partial charge in [-0.2, -0.15) is 0 Å². The van der Waals surface area contributed by atoms with Gasteiger partial charge in [-0.15, -0.1) is 0 Å². The van der Waals surface area contributed by atoms with Gasteiger partial charge >= 0.3 is 0 Å². The van der Waals surface area contributed by atoms with Gasteiger partial charge in [-0.25, -0.2) is 4.39 Å². The lowest BCUT2D eigenvalue weighted by Gasteiger charge is -2.12. The van der Waals surface area contributed by atoms with Crippen LogP contribution in [0.2, 0.25) is 0 Å². The molecule has 1 unspecified atom stereocenters. The molecule has 2 aromatic carbocycles. The third-order valence-corrected chi connectivity index (χ3v) is 3.35. The van der Waals surface area contributed by atoms with Crippen molar-refractivity contribution in [2.24, 2.45) is 0 Å². The van der Waals surface area contributed by atoms with Crippen molar-refractivity contribution in [3.8, 4) is 11.1 Å². The Kier molecular flexibility index (Phi) is 3.78. The molecule has 0 aromatic heterocycles. The summed E-state index contributed by atoms with van der Waals surface area (Å²) in [5.74, 6) is -0.191. The third-order valence-electron chi connectivity index (χ3n) is 3.35. The minimum Gasteiger partial charge on any atom is -0.313 e. The number of rotatable bonds is 3. The van der Waals surface area contributed by atoms with Crippen molar-refractivity contribution in [1.29, 1.82) is 0 Å². The molecule has 2 aromatic rings. The van der Waals surface area contributed by atoms with Crippen LogP contribution in [0.5, 0.6) is 0 Å². The number of aryl methyl sites for hydroxylation is 1. The molecular weight excluding hydrogens is 225 g/mol. The van der Waals surface area contributed by atoms with Crippen LogP contribution in [0.25, 0.3) is 11.1 Å². The lowest BCUT2D eigenvalue weighted by atomic mass is 9.98. The molecule has 1 atom stereocenters. The van der Waals surface area contributed by atoms with Crippen molar-refractivity contribution in [2.45, 2.75) is 19.9 Å². The van der Waals surface area contributed by atoms with Gasteiger partial charge in [0.05, 0.1) is 0 Å². The second kappa shape index (κ2) is 5.32. The Morgan fingerprint density at radius 3 is 2.33 bits per heavy atom. The summed E-state index contributed by atoms with van der Waals surface area (Å²) in [6.07, 6.45) is 0. The van der Waals surface area contributed by atoms with Gasteiger partial charge in [0.15, 0.2) is 0 Å². The average molecular weight is 243 g/mol. The van der Waals surface area contributed by atoms with Crippen LogP contribution in [0.1, 0.15) is 24.1 Å². The van der Waals surface area contributed by atoms with E-state index in [4.69, 9.17) is 0 Å². The first-order chi connectivity index (χ1) is 8.61. The summed E-state index contributed by atoms with van der Waals surface area (Å²) in [6, 6.07) is 13.5. The van der Waals surface area contributed by atoms with Crippen LogP contribution >= 0.6 is 0 Å².